The van der Waals surface area contributed by atoms with E-state index in [1.165, 1.54) is 12.8 Å². The summed E-state index contributed by atoms with van der Waals surface area (Å²) in [6.07, 6.45) is 6.32. The maximum absolute atomic E-state index is 6.00. The molecule has 2 fully saturated rings. The van der Waals surface area contributed by atoms with Crippen molar-refractivity contribution in [2.45, 2.75) is 25.3 Å². The van der Waals surface area contributed by atoms with E-state index >= 15 is 0 Å². The van der Waals surface area contributed by atoms with Crippen LogP contribution >= 0.6 is 0 Å². The first kappa shape index (κ1) is 10.4. The van der Waals surface area contributed by atoms with Crippen molar-refractivity contribution in [1.82, 2.24) is 10.2 Å². The number of hydrogen-bond donors (Lipinski definition) is 3. The van der Waals surface area contributed by atoms with Gasteiger partial charge in [-0.3, -0.25) is 0 Å². The molecule has 1 saturated heterocycles. The molecular weight excluding hydrogens is 188 g/mol. The van der Waals surface area contributed by atoms with E-state index in [0.29, 0.717) is 5.54 Å². The molecule has 0 aromatic rings. The highest BCUT2D eigenvalue weighted by Gasteiger charge is 2.45. The van der Waals surface area contributed by atoms with Crippen molar-refractivity contribution in [2.24, 2.45) is 11.5 Å². The minimum absolute atomic E-state index is 0.373. The second-order valence-electron chi connectivity index (χ2n) is 4.63. The van der Waals surface area contributed by atoms with Crippen molar-refractivity contribution in [3.8, 4) is 0 Å². The Labute approximate surface area is 91.0 Å². The van der Waals surface area contributed by atoms with Gasteiger partial charge in [0.25, 0.3) is 0 Å². The van der Waals surface area contributed by atoms with Gasteiger partial charge in [0, 0.05) is 30.9 Å². The molecule has 1 spiro atoms. The molecule has 5 N–H and O–H groups in total. The van der Waals surface area contributed by atoms with Gasteiger partial charge in [0.2, 0.25) is 0 Å². The maximum atomic E-state index is 6.00. The van der Waals surface area contributed by atoms with E-state index in [-0.39, 0.29) is 0 Å². The predicted octanol–water partition coefficient (Wildman–Crippen LogP) is 0.0868. The molecule has 0 atom stereocenters. The Balaban J connectivity index is 1.97. The molecule has 0 radical (unpaired) electrons. The van der Waals surface area contributed by atoms with E-state index in [0.717, 1.165) is 31.2 Å². The molecule has 15 heavy (non-hydrogen) atoms. The van der Waals surface area contributed by atoms with Crippen LogP contribution < -0.4 is 16.8 Å². The van der Waals surface area contributed by atoms with Crippen LogP contribution in [0.2, 0.25) is 0 Å². The largest absolute Gasteiger partial charge is 0.402 e. The van der Waals surface area contributed by atoms with Crippen LogP contribution in [0.1, 0.15) is 19.8 Å². The molecule has 84 valence electrons. The van der Waals surface area contributed by atoms with Crippen LogP contribution in [0.3, 0.4) is 0 Å². The third-order valence-electron chi connectivity index (χ3n) is 3.11. The quantitative estimate of drug-likeness (QED) is 0.563. The van der Waals surface area contributed by atoms with Crippen LogP contribution in [0.25, 0.3) is 0 Å². The predicted molar refractivity (Wildman–Crippen MR) is 61.8 cm³/mol. The number of nitrogens with one attached hydrogen (secondary N) is 1. The van der Waals surface area contributed by atoms with Crippen LogP contribution in [0.4, 0.5) is 0 Å². The molecule has 2 aliphatic rings. The molecular formula is C11H20N4. The Bertz CT molecular complexity index is 298. The fourth-order valence-electron chi connectivity index (χ4n) is 1.98. The van der Waals surface area contributed by atoms with Gasteiger partial charge in [-0.05, 0) is 31.9 Å². The van der Waals surface area contributed by atoms with Gasteiger partial charge >= 0.3 is 0 Å². The lowest BCUT2D eigenvalue weighted by Crippen LogP contribution is -2.52. The normalized spacial score (nSPS) is 25.8. The topological polar surface area (TPSA) is 67.3 Å². The minimum Gasteiger partial charge on any atom is -0.402 e. The second kappa shape index (κ2) is 3.77. The van der Waals surface area contributed by atoms with Crippen molar-refractivity contribution in [2.75, 3.05) is 19.6 Å². The lowest BCUT2D eigenvalue weighted by Gasteiger charge is -2.35. The smallest absolute Gasteiger partial charge is 0.0988 e. The SMILES string of the molecule is C/C(N)=C/C=C(\N)N1CCNC2(CC2)C1. The molecule has 1 heterocycles. The van der Waals surface area contributed by atoms with Crippen molar-refractivity contribution in [3.05, 3.63) is 23.7 Å². The van der Waals surface area contributed by atoms with Crippen molar-refractivity contribution in [3.63, 3.8) is 0 Å². The lowest BCUT2D eigenvalue weighted by molar-refractivity contribution is 0.232. The van der Waals surface area contributed by atoms with Gasteiger partial charge in [-0.1, -0.05) is 0 Å². The van der Waals surface area contributed by atoms with E-state index in [1.807, 2.05) is 19.1 Å². The number of rotatable bonds is 2. The molecule has 0 bridgehead atoms. The van der Waals surface area contributed by atoms with Crippen molar-refractivity contribution >= 4 is 0 Å². The fourth-order valence-corrected chi connectivity index (χ4v) is 1.98. The molecule has 1 aliphatic carbocycles. The van der Waals surface area contributed by atoms with Crippen molar-refractivity contribution in [1.29, 1.82) is 0 Å². The highest BCUT2D eigenvalue weighted by molar-refractivity contribution is 5.16. The third kappa shape index (κ3) is 2.45. The first-order valence-corrected chi connectivity index (χ1v) is 5.51. The van der Waals surface area contributed by atoms with Crippen LogP contribution in [-0.4, -0.2) is 30.1 Å². The Hall–Kier alpha value is -1.16. The van der Waals surface area contributed by atoms with Crippen molar-refractivity contribution < 1.29 is 0 Å². The van der Waals surface area contributed by atoms with Crippen LogP contribution in [-0.2, 0) is 0 Å². The molecule has 0 aromatic heterocycles. The Morgan fingerprint density at radius 1 is 1.33 bits per heavy atom. The molecule has 0 amide bonds. The Kier molecular flexibility index (Phi) is 2.61. The monoisotopic (exact) mass is 208 g/mol. The first-order valence-electron chi connectivity index (χ1n) is 5.51. The van der Waals surface area contributed by atoms with Gasteiger partial charge in [-0.2, -0.15) is 0 Å². The second-order valence-corrected chi connectivity index (χ2v) is 4.63. The summed E-state index contributed by atoms with van der Waals surface area (Å²) in [6, 6.07) is 0. The fraction of sp³-hybridized carbons (Fsp3) is 0.636. The van der Waals surface area contributed by atoms with Gasteiger partial charge in [0.05, 0.1) is 5.82 Å². The molecule has 4 heteroatoms. The highest BCUT2D eigenvalue weighted by Crippen LogP contribution is 2.37. The number of nitrogens with zero attached hydrogens (tertiary/aromatic N) is 1. The summed E-state index contributed by atoms with van der Waals surface area (Å²) in [5.41, 5.74) is 12.7. The van der Waals surface area contributed by atoms with E-state index in [1.54, 1.807) is 0 Å². The summed E-state index contributed by atoms with van der Waals surface area (Å²) in [5.74, 6) is 0.826. The van der Waals surface area contributed by atoms with Crippen LogP contribution in [0, 0.1) is 0 Å². The van der Waals surface area contributed by atoms with E-state index in [4.69, 9.17) is 11.5 Å². The summed E-state index contributed by atoms with van der Waals surface area (Å²) in [6.45, 7) is 4.91. The number of piperazine rings is 1. The zero-order chi connectivity index (χ0) is 10.9. The summed E-state index contributed by atoms with van der Waals surface area (Å²) < 4.78 is 0. The zero-order valence-corrected chi connectivity index (χ0v) is 9.29. The molecule has 0 aromatic carbocycles. The van der Waals surface area contributed by atoms with E-state index in [9.17, 15) is 0 Å². The minimum atomic E-state index is 0.373. The van der Waals surface area contributed by atoms with Gasteiger partial charge < -0.3 is 21.7 Å². The summed E-state index contributed by atoms with van der Waals surface area (Å²) in [5, 5.41) is 3.55. The molecule has 4 nitrogen and oxygen atoms in total. The van der Waals surface area contributed by atoms with E-state index < -0.39 is 0 Å². The van der Waals surface area contributed by atoms with Gasteiger partial charge in [-0.25, -0.2) is 0 Å². The van der Waals surface area contributed by atoms with Gasteiger partial charge in [0.1, 0.15) is 0 Å². The van der Waals surface area contributed by atoms with Crippen LogP contribution in [0.15, 0.2) is 23.7 Å². The third-order valence-corrected chi connectivity index (χ3v) is 3.11. The molecule has 0 unspecified atom stereocenters. The number of hydrogen-bond acceptors (Lipinski definition) is 4. The lowest BCUT2D eigenvalue weighted by atomic mass is 10.2. The van der Waals surface area contributed by atoms with Gasteiger partial charge in [0.15, 0.2) is 0 Å². The first-order chi connectivity index (χ1) is 7.11. The average Bonchev–Trinajstić information content (AvgIpc) is 2.94. The Morgan fingerprint density at radius 3 is 2.67 bits per heavy atom. The van der Waals surface area contributed by atoms with Gasteiger partial charge in [-0.15, -0.1) is 0 Å². The maximum Gasteiger partial charge on any atom is 0.0988 e. The number of nitrogens with two attached hydrogens (primary N) is 2. The average molecular weight is 208 g/mol. The van der Waals surface area contributed by atoms with E-state index in [2.05, 4.69) is 10.2 Å². The number of allylic oxidation sites excluding steroid dienone is 3. The van der Waals surface area contributed by atoms with Crippen LogP contribution in [0.5, 0.6) is 0 Å². The molecule has 2 rings (SSSR count). The standard InChI is InChI=1S/C11H20N4/c1-9(12)2-3-10(13)15-7-6-14-11(8-15)4-5-11/h2-3,14H,4-8,12-13H2,1H3/b9-2-,10-3+. The molecule has 1 aliphatic heterocycles. The zero-order valence-electron chi connectivity index (χ0n) is 9.29. The highest BCUT2D eigenvalue weighted by atomic mass is 15.3. The molecule has 1 saturated carbocycles. The summed E-state index contributed by atoms with van der Waals surface area (Å²) >= 11 is 0. The Morgan fingerprint density at radius 2 is 2.07 bits per heavy atom. The summed E-state index contributed by atoms with van der Waals surface area (Å²) in [4.78, 5) is 2.24. The summed E-state index contributed by atoms with van der Waals surface area (Å²) in [7, 11) is 0.